The van der Waals surface area contributed by atoms with Gasteiger partial charge in [-0.05, 0) is 36.2 Å². The van der Waals surface area contributed by atoms with Crippen LogP contribution in [0.2, 0.25) is 0 Å². The fourth-order valence-electron chi connectivity index (χ4n) is 2.14. The van der Waals surface area contributed by atoms with Crippen LogP contribution in [0.25, 0.3) is 0 Å². The highest BCUT2D eigenvalue weighted by Gasteiger charge is 2.15. The Morgan fingerprint density at radius 3 is 2.26 bits per heavy atom. The van der Waals surface area contributed by atoms with Crippen molar-refractivity contribution in [3.05, 3.63) is 51.7 Å². The summed E-state index contributed by atoms with van der Waals surface area (Å²) in [5.74, 6) is 1.00. The molecule has 0 atom stereocenters. The highest BCUT2D eigenvalue weighted by atomic mass is 79.9. The zero-order valence-electron chi connectivity index (χ0n) is 12.9. The molecule has 0 amide bonds. The van der Waals surface area contributed by atoms with Gasteiger partial charge >= 0.3 is 0 Å². The summed E-state index contributed by atoms with van der Waals surface area (Å²) in [5.41, 5.74) is 1.29. The Hall–Kier alpha value is -1.79. The van der Waals surface area contributed by atoms with Crippen LogP contribution >= 0.6 is 15.9 Å². The zero-order chi connectivity index (χ0) is 16.8. The molecule has 1 N–H and O–H groups in total. The average Bonchev–Trinajstić information content (AvgIpc) is 2.54. The normalized spacial score (nSPS) is 10.5. The van der Waals surface area contributed by atoms with Crippen molar-refractivity contribution in [3.8, 4) is 17.2 Å². The monoisotopic (exact) mass is 384 g/mol. The Balaban J connectivity index is 2.27. The molecule has 0 aromatic heterocycles. The first-order chi connectivity index (χ1) is 11.1. The Bertz CT molecular complexity index is 651. The molecule has 4 nitrogen and oxygen atoms in total. The molecule has 0 aliphatic carbocycles. The SMILES string of the molecule is COc1cc(CCO)cc(OC)c1OCc1ccc(Br)cc1F. The van der Waals surface area contributed by atoms with E-state index in [0.29, 0.717) is 33.7 Å². The predicted molar refractivity (Wildman–Crippen MR) is 88.8 cm³/mol. The maximum absolute atomic E-state index is 13.9. The summed E-state index contributed by atoms with van der Waals surface area (Å²) >= 11 is 3.22. The summed E-state index contributed by atoms with van der Waals surface area (Å²) in [5, 5.41) is 9.06. The molecule has 0 radical (unpaired) electrons. The third-order valence-corrected chi connectivity index (χ3v) is 3.80. The van der Waals surface area contributed by atoms with Crippen LogP contribution in [-0.2, 0) is 13.0 Å². The Labute approximate surface area is 142 Å². The first-order valence-corrected chi connectivity index (χ1v) is 7.80. The van der Waals surface area contributed by atoms with Crippen molar-refractivity contribution < 1.29 is 23.7 Å². The zero-order valence-corrected chi connectivity index (χ0v) is 14.5. The number of benzene rings is 2. The standard InChI is InChI=1S/C17H18BrFO4/c1-21-15-7-11(5-6-20)8-16(22-2)17(15)23-10-12-3-4-13(18)9-14(12)19/h3-4,7-9,20H,5-6,10H2,1-2H3. The molecule has 0 saturated carbocycles. The molecule has 23 heavy (non-hydrogen) atoms. The molecule has 2 rings (SSSR count). The summed E-state index contributed by atoms with van der Waals surface area (Å²) < 4.78 is 30.9. The largest absolute Gasteiger partial charge is 0.493 e. The average molecular weight is 385 g/mol. The molecule has 0 saturated heterocycles. The summed E-state index contributed by atoms with van der Waals surface area (Å²) in [4.78, 5) is 0. The minimum absolute atomic E-state index is 0.0244. The van der Waals surface area contributed by atoms with Gasteiger partial charge in [-0.1, -0.05) is 22.0 Å². The number of halogens is 2. The third kappa shape index (κ3) is 4.36. The van der Waals surface area contributed by atoms with Crippen molar-refractivity contribution >= 4 is 15.9 Å². The number of ether oxygens (including phenoxy) is 3. The van der Waals surface area contributed by atoms with E-state index in [1.54, 1.807) is 24.3 Å². The van der Waals surface area contributed by atoms with Gasteiger partial charge in [-0.25, -0.2) is 4.39 Å². The van der Waals surface area contributed by atoms with Gasteiger partial charge in [0.1, 0.15) is 12.4 Å². The van der Waals surface area contributed by atoms with Crippen LogP contribution in [0.4, 0.5) is 4.39 Å². The van der Waals surface area contributed by atoms with Crippen molar-refractivity contribution in [2.75, 3.05) is 20.8 Å². The van der Waals surface area contributed by atoms with Gasteiger partial charge in [0.2, 0.25) is 5.75 Å². The minimum Gasteiger partial charge on any atom is -0.493 e. The quantitative estimate of drug-likeness (QED) is 0.790. The molecule has 0 fully saturated rings. The summed E-state index contributed by atoms with van der Waals surface area (Å²) in [6.45, 7) is 0.0712. The molecule has 0 bridgehead atoms. The summed E-state index contributed by atoms with van der Waals surface area (Å²) in [6.07, 6.45) is 0.480. The fraction of sp³-hybridized carbons (Fsp3) is 0.294. The second-order valence-electron chi connectivity index (χ2n) is 4.83. The lowest BCUT2D eigenvalue weighted by Crippen LogP contribution is -2.03. The van der Waals surface area contributed by atoms with Crippen molar-refractivity contribution in [2.45, 2.75) is 13.0 Å². The lowest BCUT2D eigenvalue weighted by atomic mass is 10.1. The molecule has 6 heteroatoms. The maximum atomic E-state index is 13.9. The Morgan fingerprint density at radius 2 is 1.74 bits per heavy atom. The molecule has 0 aliphatic heterocycles. The van der Waals surface area contributed by atoms with Gasteiger partial charge < -0.3 is 19.3 Å². The van der Waals surface area contributed by atoms with Crippen molar-refractivity contribution in [1.82, 2.24) is 0 Å². The molecule has 0 heterocycles. The van der Waals surface area contributed by atoms with Gasteiger partial charge in [0.15, 0.2) is 11.5 Å². The highest BCUT2D eigenvalue weighted by molar-refractivity contribution is 9.10. The highest BCUT2D eigenvalue weighted by Crippen LogP contribution is 2.39. The number of aliphatic hydroxyl groups is 1. The topological polar surface area (TPSA) is 47.9 Å². The van der Waals surface area contributed by atoms with Crippen LogP contribution in [0.5, 0.6) is 17.2 Å². The second kappa shape index (κ2) is 8.17. The van der Waals surface area contributed by atoms with E-state index in [1.807, 2.05) is 0 Å². The van der Waals surface area contributed by atoms with Crippen LogP contribution in [-0.4, -0.2) is 25.9 Å². The third-order valence-electron chi connectivity index (χ3n) is 3.31. The van der Waals surface area contributed by atoms with Crippen LogP contribution in [0.3, 0.4) is 0 Å². The number of hydrogen-bond acceptors (Lipinski definition) is 4. The Morgan fingerprint density at radius 1 is 1.09 bits per heavy atom. The van der Waals surface area contributed by atoms with Gasteiger partial charge in [0.05, 0.1) is 14.2 Å². The van der Waals surface area contributed by atoms with E-state index in [0.717, 1.165) is 5.56 Å². The van der Waals surface area contributed by atoms with Crippen LogP contribution in [0.15, 0.2) is 34.8 Å². The van der Waals surface area contributed by atoms with Gasteiger partial charge in [-0.2, -0.15) is 0 Å². The molecular formula is C17H18BrFO4. The fourth-order valence-corrected chi connectivity index (χ4v) is 2.47. The molecule has 0 spiro atoms. The second-order valence-corrected chi connectivity index (χ2v) is 5.74. The lowest BCUT2D eigenvalue weighted by Gasteiger charge is -2.16. The summed E-state index contributed by atoms with van der Waals surface area (Å²) in [6, 6.07) is 8.33. The molecule has 2 aromatic carbocycles. The number of rotatable bonds is 7. The van der Waals surface area contributed by atoms with Crippen LogP contribution < -0.4 is 14.2 Å². The predicted octanol–water partition coefficient (Wildman–Crippen LogP) is 3.72. The molecule has 124 valence electrons. The number of aliphatic hydroxyl groups excluding tert-OH is 1. The molecule has 0 aliphatic rings. The van der Waals surface area contributed by atoms with E-state index in [9.17, 15) is 4.39 Å². The molecule has 2 aromatic rings. The molecular weight excluding hydrogens is 367 g/mol. The lowest BCUT2D eigenvalue weighted by molar-refractivity contribution is 0.261. The molecule has 0 unspecified atom stereocenters. The van der Waals surface area contributed by atoms with E-state index in [4.69, 9.17) is 19.3 Å². The number of hydrogen-bond donors (Lipinski definition) is 1. The van der Waals surface area contributed by atoms with Crippen molar-refractivity contribution in [1.29, 1.82) is 0 Å². The van der Waals surface area contributed by atoms with E-state index >= 15 is 0 Å². The minimum atomic E-state index is -0.353. The van der Waals surface area contributed by atoms with Gasteiger partial charge in [0, 0.05) is 16.6 Å². The maximum Gasteiger partial charge on any atom is 0.203 e. The van der Waals surface area contributed by atoms with Gasteiger partial charge in [-0.3, -0.25) is 0 Å². The van der Waals surface area contributed by atoms with E-state index in [2.05, 4.69) is 15.9 Å². The van der Waals surface area contributed by atoms with Crippen LogP contribution in [0, 0.1) is 5.82 Å². The first-order valence-electron chi connectivity index (χ1n) is 7.01. The van der Waals surface area contributed by atoms with Gasteiger partial charge in [0.25, 0.3) is 0 Å². The van der Waals surface area contributed by atoms with E-state index in [1.165, 1.54) is 20.3 Å². The Kier molecular flexibility index (Phi) is 6.24. The van der Waals surface area contributed by atoms with E-state index in [-0.39, 0.29) is 19.0 Å². The van der Waals surface area contributed by atoms with E-state index < -0.39 is 0 Å². The van der Waals surface area contributed by atoms with Gasteiger partial charge in [-0.15, -0.1) is 0 Å². The van der Waals surface area contributed by atoms with Crippen molar-refractivity contribution in [2.24, 2.45) is 0 Å². The summed E-state index contributed by atoms with van der Waals surface area (Å²) in [7, 11) is 3.04. The van der Waals surface area contributed by atoms with Crippen LogP contribution in [0.1, 0.15) is 11.1 Å². The first kappa shape index (κ1) is 17.6. The smallest absolute Gasteiger partial charge is 0.203 e. The number of methoxy groups -OCH3 is 2. The van der Waals surface area contributed by atoms with Crippen molar-refractivity contribution in [3.63, 3.8) is 0 Å².